The maximum Gasteiger partial charge on any atom is 0.259 e. The van der Waals surface area contributed by atoms with Crippen LogP contribution in [-0.4, -0.2) is 34.3 Å². The number of carbonyl (C=O) groups excluding carboxylic acids is 2. The molecule has 0 bridgehead atoms. The first kappa shape index (κ1) is 21.6. The van der Waals surface area contributed by atoms with Crippen LogP contribution >= 0.6 is 0 Å². The molecular weight excluding hydrogens is 394 g/mol. The third-order valence-corrected chi connectivity index (χ3v) is 4.67. The third kappa shape index (κ3) is 5.70. The minimum atomic E-state index is -0.551. The number of hydrogen-bond donors (Lipinski definition) is 4. The first-order valence-corrected chi connectivity index (χ1v) is 9.69. The molecule has 0 radical (unpaired) electrons. The number of hydrazone groups is 1. The van der Waals surface area contributed by atoms with Gasteiger partial charge in [0.15, 0.2) is 0 Å². The number of amides is 2. The predicted molar refractivity (Wildman–Crippen MR) is 118 cm³/mol. The summed E-state index contributed by atoms with van der Waals surface area (Å²) in [6.45, 7) is 1.31. The maximum atomic E-state index is 12.9. The summed E-state index contributed by atoms with van der Waals surface area (Å²) in [5.41, 5.74) is 4.58. The molecule has 0 saturated heterocycles. The molecule has 2 amide bonds. The molecule has 0 unspecified atom stereocenters. The monoisotopic (exact) mass is 417 g/mol. The smallest absolute Gasteiger partial charge is 0.259 e. The van der Waals surface area contributed by atoms with Crippen molar-refractivity contribution in [3.8, 4) is 11.5 Å². The first-order valence-electron chi connectivity index (χ1n) is 9.69. The number of aromatic hydroxyl groups is 2. The van der Waals surface area contributed by atoms with Crippen LogP contribution < -0.4 is 10.7 Å². The summed E-state index contributed by atoms with van der Waals surface area (Å²) in [5, 5.41) is 26.0. The van der Waals surface area contributed by atoms with Crippen molar-refractivity contribution in [3.63, 3.8) is 0 Å². The molecule has 0 aliphatic heterocycles. The molecule has 158 valence electrons. The molecule has 0 heterocycles. The highest BCUT2D eigenvalue weighted by molar-refractivity contribution is 6.02. The molecule has 0 saturated carbocycles. The largest absolute Gasteiger partial charge is 0.508 e. The molecule has 7 nitrogen and oxygen atoms in total. The molecule has 0 atom stereocenters. The lowest BCUT2D eigenvalue weighted by Crippen LogP contribution is -2.38. The molecule has 0 fully saturated rings. The Kier molecular flexibility index (Phi) is 7.01. The third-order valence-electron chi connectivity index (χ3n) is 4.67. The lowest BCUT2D eigenvalue weighted by Gasteiger charge is -2.17. The van der Waals surface area contributed by atoms with Crippen molar-refractivity contribution >= 4 is 17.5 Å². The highest BCUT2D eigenvalue weighted by atomic mass is 16.3. The van der Waals surface area contributed by atoms with Crippen molar-refractivity contribution in [2.75, 3.05) is 6.54 Å². The summed E-state index contributed by atoms with van der Waals surface area (Å²) < 4.78 is 0. The number of hydrogen-bond acceptors (Lipinski definition) is 5. The van der Waals surface area contributed by atoms with E-state index in [9.17, 15) is 19.8 Å². The van der Waals surface area contributed by atoms with E-state index in [1.54, 1.807) is 6.92 Å². The van der Waals surface area contributed by atoms with Gasteiger partial charge in [-0.2, -0.15) is 5.10 Å². The predicted octanol–water partition coefficient (Wildman–Crippen LogP) is 2.89. The number of nitrogens with zero attached hydrogens (tertiary/aromatic N) is 1. The number of nitrogens with one attached hydrogen (secondary N) is 2. The highest BCUT2D eigenvalue weighted by Crippen LogP contribution is 2.25. The molecule has 0 aromatic heterocycles. The van der Waals surface area contributed by atoms with Gasteiger partial charge in [0, 0.05) is 5.56 Å². The van der Waals surface area contributed by atoms with E-state index in [0.29, 0.717) is 5.71 Å². The van der Waals surface area contributed by atoms with Gasteiger partial charge in [-0.15, -0.1) is 0 Å². The zero-order valence-corrected chi connectivity index (χ0v) is 16.9. The van der Waals surface area contributed by atoms with Crippen LogP contribution in [0.25, 0.3) is 0 Å². The van der Waals surface area contributed by atoms with E-state index in [4.69, 9.17) is 0 Å². The Labute approximate surface area is 180 Å². The second-order valence-corrected chi connectivity index (χ2v) is 6.91. The number of phenolic OH excluding ortho intramolecular Hbond substituents is 2. The standard InChI is InChI=1S/C24H23N3O4/c1-16(20-14-19(28)12-13-21(20)29)26-27-22(30)15-25-24(31)23(17-8-4-2-5-9-17)18-10-6-3-7-11-18/h2-14,23,28-29H,15H2,1H3,(H,25,31)(H,27,30)/b26-16-. The van der Waals surface area contributed by atoms with E-state index >= 15 is 0 Å². The number of benzene rings is 3. The molecular formula is C24H23N3O4. The normalized spacial score (nSPS) is 11.2. The van der Waals surface area contributed by atoms with E-state index in [0.717, 1.165) is 11.1 Å². The summed E-state index contributed by atoms with van der Waals surface area (Å²) in [6, 6.07) is 22.7. The Balaban J connectivity index is 1.65. The summed E-state index contributed by atoms with van der Waals surface area (Å²) in [7, 11) is 0. The van der Waals surface area contributed by atoms with Gasteiger partial charge in [0.25, 0.3) is 5.91 Å². The molecule has 3 aromatic carbocycles. The van der Waals surface area contributed by atoms with Gasteiger partial charge in [-0.3, -0.25) is 9.59 Å². The van der Waals surface area contributed by atoms with Crippen molar-refractivity contribution < 1.29 is 19.8 Å². The fourth-order valence-electron chi connectivity index (χ4n) is 3.12. The molecule has 0 aliphatic carbocycles. The number of carbonyl (C=O) groups is 2. The highest BCUT2D eigenvalue weighted by Gasteiger charge is 2.22. The van der Waals surface area contributed by atoms with E-state index in [2.05, 4.69) is 15.8 Å². The van der Waals surface area contributed by atoms with Crippen molar-refractivity contribution in [2.45, 2.75) is 12.8 Å². The maximum absolute atomic E-state index is 12.9. The van der Waals surface area contributed by atoms with Gasteiger partial charge in [-0.25, -0.2) is 5.43 Å². The second kappa shape index (κ2) is 10.1. The van der Waals surface area contributed by atoms with Crippen LogP contribution in [0.3, 0.4) is 0 Å². The number of rotatable bonds is 7. The van der Waals surface area contributed by atoms with Crippen LogP contribution in [0.2, 0.25) is 0 Å². The summed E-state index contributed by atoms with van der Waals surface area (Å²) >= 11 is 0. The Hall–Kier alpha value is -4.13. The minimum Gasteiger partial charge on any atom is -0.508 e. The average Bonchev–Trinajstić information content (AvgIpc) is 2.79. The minimum absolute atomic E-state index is 0.0335. The van der Waals surface area contributed by atoms with Crippen molar-refractivity contribution in [1.29, 1.82) is 0 Å². The average molecular weight is 417 g/mol. The summed E-state index contributed by atoms with van der Waals surface area (Å²) in [6.07, 6.45) is 0. The SMILES string of the molecule is C/C(=N/NC(=O)CNC(=O)C(c1ccccc1)c1ccccc1)c1cc(O)ccc1O. The van der Waals surface area contributed by atoms with Gasteiger partial charge >= 0.3 is 0 Å². The topological polar surface area (TPSA) is 111 Å². The van der Waals surface area contributed by atoms with Gasteiger partial charge < -0.3 is 15.5 Å². The van der Waals surface area contributed by atoms with Crippen LogP contribution in [0.15, 0.2) is 84.0 Å². The Morgan fingerprint density at radius 2 is 1.48 bits per heavy atom. The van der Waals surface area contributed by atoms with E-state index in [1.807, 2.05) is 60.7 Å². The fourth-order valence-corrected chi connectivity index (χ4v) is 3.12. The summed E-state index contributed by atoms with van der Waals surface area (Å²) in [4.78, 5) is 25.1. The molecule has 3 rings (SSSR count). The van der Waals surface area contributed by atoms with Gasteiger partial charge in [-0.05, 0) is 36.2 Å². The van der Waals surface area contributed by atoms with Crippen LogP contribution in [0, 0.1) is 0 Å². The molecule has 4 N–H and O–H groups in total. The van der Waals surface area contributed by atoms with E-state index < -0.39 is 11.8 Å². The zero-order valence-electron chi connectivity index (χ0n) is 16.9. The lowest BCUT2D eigenvalue weighted by molar-refractivity contribution is -0.126. The van der Waals surface area contributed by atoms with Gasteiger partial charge in [0.2, 0.25) is 5.91 Å². The fraction of sp³-hybridized carbons (Fsp3) is 0.125. The van der Waals surface area contributed by atoms with Crippen molar-refractivity contribution in [1.82, 2.24) is 10.7 Å². The first-order chi connectivity index (χ1) is 15.0. The second-order valence-electron chi connectivity index (χ2n) is 6.91. The zero-order chi connectivity index (χ0) is 22.2. The van der Waals surface area contributed by atoms with Crippen LogP contribution in [-0.2, 0) is 9.59 Å². The van der Waals surface area contributed by atoms with Crippen LogP contribution in [0.4, 0.5) is 0 Å². The van der Waals surface area contributed by atoms with Gasteiger partial charge in [0.1, 0.15) is 11.5 Å². The lowest BCUT2D eigenvalue weighted by atomic mass is 9.90. The Morgan fingerprint density at radius 3 is 2.06 bits per heavy atom. The van der Waals surface area contributed by atoms with Crippen LogP contribution in [0.5, 0.6) is 11.5 Å². The molecule has 0 aliphatic rings. The Morgan fingerprint density at radius 1 is 0.903 bits per heavy atom. The molecule has 7 heteroatoms. The quantitative estimate of drug-likeness (QED) is 0.269. The van der Waals surface area contributed by atoms with Gasteiger partial charge in [-0.1, -0.05) is 60.7 Å². The van der Waals surface area contributed by atoms with Gasteiger partial charge in [0.05, 0.1) is 18.2 Å². The van der Waals surface area contributed by atoms with Crippen molar-refractivity contribution in [3.05, 3.63) is 95.6 Å². The molecule has 3 aromatic rings. The molecule has 0 spiro atoms. The van der Waals surface area contributed by atoms with Crippen LogP contribution in [0.1, 0.15) is 29.5 Å². The van der Waals surface area contributed by atoms with E-state index in [1.165, 1.54) is 18.2 Å². The number of phenols is 2. The molecule has 31 heavy (non-hydrogen) atoms. The Bertz CT molecular complexity index is 1040. The summed E-state index contributed by atoms with van der Waals surface area (Å²) in [5.74, 6) is -1.49. The van der Waals surface area contributed by atoms with E-state index in [-0.39, 0.29) is 29.5 Å². The van der Waals surface area contributed by atoms with Crippen molar-refractivity contribution in [2.24, 2.45) is 5.10 Å².